The Balaban J connectivity index is 1.57. The molecule has 0 aromatic heterocycles. The Morgan fingerprint density at radius 1 is 1.04 bits per heavy atom. The predicted octanol–water partition coefficient (Wildman–Crippen LogP) is 3.42. The molecular formula is C20H23N3O3S. The summed E-state index contributed by atoms with van der Waals surface area (Å²) in [4.78, 5) is 14.2. The first-order chi connectivity index (χ1) is 13.0. The second kappa shape index (κ2) is 8.73. The highest BCUT2D eigenvalue weighted by molar-refractivity contribution is 7.80. The van der Waals surface area contributed by atoms with Gasteiger partial charge in [-0.25, -0.2) is 0 Å². The van der Waals surface area contributed by atoms with Gasteiger partial charge in [-0.1, -0.05) is 17.7 Å². The normalized spacial score (nSPS) is 12.2. The summed E-state index contributed by atoms with van der Waals surface area (Å²) in [5, 5.41) is 6.56. The first-order valence-electron chi connectivity index (χ1n) is 8.87. The number of nitrogens with zero attached hydrogens (tertiary/aromatic N) is 1. The fourth-order valence-corrected chi connectivity index (χ4v) is 2.97. The van der Waals surface area contributed by atoms with Gasteiger partial charge >= 0.3 is 0 Å². The van der Waals surface area contributed by atoms with Gasteiger partial charge in [0, 0.05) is 24.0 Å². The minimum Gasteiger partial charge on any atom is -0.486 e. The molecule has 27 heavy (non-hydrogen) atoms. The molecule has 0 saturated carbocycles. The number of rotatable bonds is 5. The fraction of sp³-hybridized carbons (Fsp3) is 0.300. The number of amides is 1. The molecule has 0 bridgehead atoms. The topological polar surface area (TPSA) is 62.8 Å². The quantitative estimate of drug-likeness (QED) is 0.769. The number of hydrogen-bond acceptors (Lipinski definition) is 4. The number of likely N-dealkylation sites (N-methyl/N-ethyl adjacent to an activating group) is 1. The number of nitrogens with one attached hydrogen (secondary N) is 2. The molecule has 0 aliphatic carbocycles. The van der Waals surface area contributed by atoms with Crippen molar-refractivity contribution in [1.82, 2.24) is 4.90 Å². The van der Waals surface area contributed by atoms with Crippen molar-refractivity contribution in [3.8, 4) is 11.5 Å². The van der Waals surface area contributed by atoms with Gasteiger partial charge in [-0.05, 0) is 50.3 Å². The molecule has 142 valence electrons. The van der Waals surface area contributed by atoms with Crippen LogP contribution in [0.4, 0.5) is 11.4 Å². The number of carbonyl (C=O) groups excluding carboxylic acids is 1. The number of fused-ring (bicyclic) bond motifs is 1. The van der Waals surface area contributed by atoms with Gasteiger partial charge in [-0.3, -0.25) is 4.79 Å². The molecule has 0 unspecified atom stereocenters. The van der Waals surface area contributed by atoms with Crippen LogP contribution in [-0.2, 0) is 4.79 Å². The fourth-order valence-electron chi connectivity index (χ4n) is 2.66. The summed E-state index contributed by atoms with van der Waals surface area (Å²) in [7, 11) is 0. The molecule has 7 heteroatoms. The maximum absolute atomic E-state index is 12.4. The zero-order valence-corrected chi connectivity index (χ0v) is 16.3. The van der Waals surface area contributed by atoms with Gasteiger partial charge in [0.15, 0.2) is 16.6 Å². The van der Waals surface area contributed by atoms with Gasteiger partial charge in [0.25, 0.3) is 0 Å². The Labute approximate surface area is 164 Å². The maximum atomic E-state index is 12.4. The van der Waals surface area contributed by atoms with Crippen molar-refractivity contribution >= 4 is 34.6 Å². The van der Waals surface area contributed by atoms with E-state index in [0.29, 0.717) is 42.1 Å². The van der Waals surface area contributed by atoms with Crippen molar-refractivity contribution < 1.29 is 14.3 Å². The highest BCUT2D eigenvalue weighted by atomic mass is 32.1. The average molecular weight is 385 g/mol. The van der Waals surface area contributed by atoms with Gasteiger partial charge in [-0.15, -0.1) is 0 Å². The minimum absolute atomic E-state index is 0.151. The van der Waals surface area contributed by atoms with E-state index in [1.807, 2.05) is 43.0 Å². The Hall–Kier alpha value is -2.80. The van der Waals surface area contributed by atoms with Gasteiger partial charge in [0.05, 0.1) is 6.54 Å². The highest BCUT2D eigenvalue weighted by Gasteiger charge is 2.15. The summed E-state index contributed by atoms with van der Waals surface area (Å²) in [5.74, 6) is 1.18. The van der Waals surface area contributed by atoms with Crippen LogP contribution in [-0.4, -0.2) is 42.2 Å². The molecular weight excluding hydrogens is 362 g/mol. The van der Waals surface area contributed by atoms with E-state index >= 15 is 0 Å². The van der Waals surface area contributed by atoms with Crippen molar-refractivity contribution in [1.29, 1.82) is 0 Å². The summed E-state index contributed by atoms with van der Waals surface area (Å²) in [6.45, 7) is 5.81. The van der Waals surface area contributed by atoms with Crippen molar-refractivity contribution in [3.63, 3.8) is 0 Å². The second-order valence-corrected chi connectivity index (χ2v) is 6.60. The molecule has 0 fully saturated rings. The van der Waals surface area contributed by atoms with E-state index in [4.69, 9.17) is 21.7 Å². The molecule has 1 amide bonds. The van der Waals surface area contributed by atoms with Crippen LogP contribution >= 0.6 is 12.2 Å². The number of benzene rings is 2. The molecule has 0 spiro atoms. The van der Waals surface area contributed by atoms with Gasteiger partial charge in [0.1, 0.15) is 13.2 Å². The van der Waals surface area contributed by atoms with E-state index < -0.39 is 0 Å². The summed E-state index contributed by atoms with van der Waals surface area (Å²) >= 11 is 5.45. The average Bonchev–Trinajstić information content (AvgIpc) is 2.67. The lowest BCUT2D eigenvalue weighted by atomic mass is 10.2. The Kier molecular flexibility index (Phi) is 6.13. The third kappa shape index (κ3) is 5.10. The summed E-state index contributed by atoms with van der Waals surface area (Å²) in [5.41, 5.74) is 2.74. The Morgan fingerprint density at radius 3 is 2.41 bits per heavy atom. The first-order valence-corrected chi connectivity index (χ1v) is 9.28. The molecule has 1 aliphatic rings. The maximum Gasteiger partial charge on any atom is 0.243 e. The van der Waals surface area contributed by atoms with Crippen molar-refractivity contribution in [2.75, 3.05) is 36.9 Å². The van der Waals surface area contributed by atoms with E-state index in [0.717, 1.165) is 5.69 Å². The highest BCUT2D eigenvalue weighted by Crippen LogP contribution is 2.32. The van der Waals surface area contributed by atoms with Gasteiger partial charge in [-0.2, -0.15) is 0 Å². The smallest absolute Gasteiger partial charge is 0.243 e. The number of carbonyl (C=O) groups is 1. The third-order valence-corrected chi connectivity index (χ3v) is 4.49. The number of aryl methyl sites for hydroxylation is 1. The van der Waals surface area contributed by atoms with E-state index in [-0.39, 0.29) is 12.5 Å². The zero-order valence-electron chi connectivity index (χ0n) is 15.5. The van der Waals surface area contributed by atoms with E-state index in [9.17, 15) is 4.79 Å². The van der Waals surface area contributed by atoms with Crippen LogP contribution < -0.4 is 20.1 Å². The van der Waals surface area contributed by atoms with Crippen LogP contribution in [0.1, 0.15) is 12.5 Å². The molecule has 1 aliphatic heterocycles. The standard InChI is InChI=1S/C20H23N3O3S/c1-3-23(20(27)22-15-6-4-14(2)5-7-15)13-19(24)21-16-8-9-17-18(12-16)26-11-10-25-17/h4-9,12H,3,10-11,13H2,1-2H3,(H,21,24)(H,22,27). The van der Waals surface area contributed by atoms with Crippen LogP contribution in [0.5, 0.6) is 11.5 Å². The van der Waals surface area contributed by atoms with Crippen LogP contribution in [0.25, 0.3) is 0 Å². The number of hydrogen-bond donors (Lipinski definition) is 2. The van der Waals surface area contributed by atoms with E-state index in [2.05, 4.69) is 10.6 Å². The molecule has 0 radical (unpaired) electrons. The van der Waals surface area contributed by atoms with Crippen LogP contribution in [0, 0.1) is 6.92 Å². The summed E-state index contributed by atoms with van der Waals surface area (Å²) in [6.07, 6.45) is 0. The number of ether oxygens (including phenoxy) is 2. The van der Waals surface area contributed by atoms with Crippen molar-refractivity contribution in [2.45, 2.75) is 13.8 Å². The monoisotopic (exact) mass is 385 g/mol. The van der Waals surface area contributed by atoms with Gasteiger partial charge < -0.3 is 25.0 Å². The van der Waals surface area contributed by atoms with Gasteiger partial charge in [0.2, 0.25) is 5.91 Å². The molecule has 3 rings (SSSR count). The molecule has 1 heterocycles. The lowest BCUT2D eigenvalue weighted by Crippen LogP contribution is -2.40. The van der Waals surface area contributed by atoms with Crippen LogP contribution in [0.15, 0.2) is 42.5 Å². The largest absolute Gasteiger partial charge is 0.486 e. The molecule has 2 aromatic carbocycles. The van der Waals surface area contributed by atoms with E-state index in [1.54, 1.807) is 18.2 Å². The second-order valence-electron chi connectivity index (χ2n) is 6.22. The molecule has 0 atom stereocenters. The van der Waals surface area contributed by atoms with E-state index in [1.165, 1.54) is 5.56 Å². The Morgan fingerprint density at radius 2 is 1.70 bits per heavy atom. The minimum atomic E-state index is -0.151. The Bertz CT molecular complexity index is 824. The third-order valence-electron chi connectivity index (χ3n) is 4.13. The van der Waals surface area contributed by atoms with Crippen molar-refractivity contribution in [2.24, 2.45) is 0 Å². The molecule has 0 saturated heterocycles. The first kappa shape index (κ1) is 19.0. The summed E-state index contributed by atoms with van der Waals surface area (Å²) < 4.78 is 11.0. The molecule has 2 aromatic rings. The lowest BCUT2D eigenvalue weighted by molar-refractivity contribution is -0.116. The number of thiocarbonyl (C=S) groups is 1. The summed E-state index contributed by atoms with van der Waals surface area (Å²) in [6, 6.07) is 13.3. The lowest BCUT2D eigenvalue weighted by Gasteiger charge is -2.24. The van der Waals surface area contributed by atoms with Crippen molar-refractivity contribution in [3.05, 3.63) is 48.0 Å². The molecule has 6 nitrogen and oxygen atoms in total. The zero-order chi connectivity index (χ0) is 19.2. The van der Waals surface area contributed by atoms with Crippen LogP contribution in [0.2, 0.25) is 0 Å². The molecule has 2 N–H and O–H groups in total. The number of anilines is 2. The SMILES string of the molecule is CCN(CC(=O)Nc1ccc2c(c1)OCCO2)C(=S)Nc1ccc(C)cc1. The predicted molar refractivity (Wildman–Crippen MR) is 111 cm³/mol. The van der Waals surface area contributed by atoms with Crippen LogP contribution in [0.3, 0.4) is 0 Å².